The lowest BCUT2D eigenvalue weighted by atomic mass is 10.2. The monoisotopic (exact) mass is 335 g/mol. The van der Waals surface area contributed by atoms with Crippen LogP contribution in [-0.4, -0.2) is 63.0 Å². The predicted molar refractivity (Wildman–Crippen MR) is 96.3 cm³/mol. The summed E-state index contributed by atoms with van der Waals surface area (Å²) in [5.41, 5.74) is 1.40. The number of piperazine rings is 1. The van der Waals surface area contributed by atoms with E-state index in [1.807, 2.05) is 53.8 Å². The van der Waals surface area contributed by atoms with Crippen molar-refractivity contribution in [2.24, 2.45) is 0 Å². The summed E-state index contributed by atoms with van der Waals surface area (Å²) in [6.07, 6.45) is 5.61. The maximum absolute atomic E-state index is 12.7. The van der Waals surface area contributed by atoms with Gasteiger partial charge in [0.25, 0.3) is 5.91 Å². The molecule has 0 bridgehead atoms. The second kappa shape index (κ2) is 7.03. The third kappa shape index (κ3) is 3.53. The van der Waals surface area contributed by atoms with Gasteiger partial charge in [-0.2, -0.15) is 0 Å². The summed E-state index contributed by atoms with van der Waals surface area (Å²) < 4.78 is 2.08. The fourth-order valence-electron chi connectivity index (χ4n) is 3.20. The Morgan fingerprint density at radius 3 is 2.64 bits per heavy atom. The first-order valence-corrected chi connectivity index (χ1v) is 8.63. The average molecular weight is 335 g/mol. The van der Waals surface area contributed by atoms with Crippen LogP contribution in [0, 0.1) is 0 Å². The van der Waals surface area contributed by atoms with Crippen molar-refractivity contribution in [1.29, 1.82) is 0 Å². The van der Waals surface area contributed by atoms with Crippen LogP contribution >= 0.6 is 0 Å². The SMILES string of the molecule is O=C(c1ccc2ccccc2n1)N1CCN(CCn2ccnc2)CC1. The lowest BCUT2D eigenvalue weighted by molar-refractivity contribution is 0.0628. The number of pyridine rings is 1. The van der Waals surface area contributed by atoms with Crippen molar-refractivity contribution in [3.8, 4) is 0 Å². The van der Waals surface area contributed by atoms with E-state index in [4.69, 9.17) is 0 Å². The number of para-hydroxylation sites is 1. The molecular weight excluding hydrogens is 314 g/mol. The van der Waals surface area contributed by atoms with Crippen LogP contribution in [0.2, 0.25) is 0 Å². The minimum Gasteiger partial charge on any atom is -0.336 e. The van der Waals surface area contributed by atoms with E-state index in [9.17, 15) is 4.79 Å². The second-order valence-electron chi connectivity index (χ2n) is 6.32. The second-order valence-corrected chi connectivity index (χ2v) is 6.32. The molecular formula is C19H21N5O. The quantitative estimate of drug-likeness (QED) is 0.731. The number of amides is 1. The van der Waals surface area contributed by atoms with E-state index in [1.165, 1.54) is 0 Å². The van der Waals surface area contributed by atoms with Crippen molar-refractivity contribution < 1.29 is 4.79 Å². The molecule has 25 heavy (non-hydrogen) atoms. The van der Waals surface area contributed by atoms with Crippen LogP contribution in [0.15, 0.2) is 55.1 Å². The fourth-order valence-corrected chi connectivity index (χ4v) is 3.20. The molecule has 3 heterocycles. The van der Waals surface area contributed by atoms with Gasteiger partial charge in [0.1, 0.15) is 5.69 Å². The molecule has 0 radical (unpaired) electrons. The van der Waals surface area contributed by atoms with Crippen LogP contribution < -0.4 is 0 Å². The Labute approximate surface area is 146 Å². The number of benzene rings is 1. The van der Waals surface area contributed by atoms with Crippen LogP contribution in [-0.2, 0) is 6.54 Å². The maximum atomic E-state index is 12.7. The average Bonchev–Trinajstić information content (AvgIpc) is 3.19. The van der Waals surface area contributed by atoms with Crippen molar-refractivity contribution in [3.63, 3.8) is 0 Å². The minimum absolute atomic E-state index is 0.0278. The molecule has 3 aromatic rings. The Morgan fingerprint density at radius 1 is 1.00 bits per heavy atom. The number of aromatic nitrogens is 3. The van der Waals surface area contributed by atoms with Crippen LogP contribution in [0.5, 0.6) is 0 Å². The Hall–Kier alpha value is -2.73. The molecule has 4 rings (SSSR count). The number of fused-ring (bicyclic) bond motifs is 1. The van der Waals surface area contributed by atoms with Gasteiger partial charge in [0.2, 0.25) is 0 Å². The molecule has 2 aromatic heterocycles. The van der Waals surface area contributed by atoms with Crippen molar-refractivity contribution in [2.45, 2.75) is 6.54 Å². The predicted octanol–water partition coefficient (Wildman–Crippen LogP) is 1.89. The number of nitrogens with zero attached hydrogens (tertiary/aromatic N) is 5. The lowest BCUT2D eigenvalue weighted by Crippen LogP contribution is -2.49. The van der Waals surface area contributed by atoms with Gasteiger partial charge in [-0.15, -0.1) is 0 Å². The van der Waals surface area contributed by atoms with E-state index < -0.39 is 0 Å². The standard InChI is InChI=1S/C19H21N5O/c25-19(18-6-5-16-3-1-2-4-17(16)21-18)24-13-11-22(12-14-24)9-10-23-8-7-20-15-23/h1-8,15H,9-14H2. The van der Waals surface area contributed by atoms with Crippen LogP contribution in [0.3, 0.4) is 0 Å². The number of hydrogen-bond acceptors (Lipinski definition) is 4. The first kappa shape index (κ1) is 15.8. The largest absolute Gasteiger partial charge is 0.336 e. The molecule has 1 saturated heterocycles. The highest BCUT2D eigenvalue weighted by Crippen LogP contribution is 2.14. The van der Waals surface area contributed by atoms with Gasteiger partial charge in [0, 0.05) is 57.0 Å². The number of rotatable bonds is 4. The molecule has 0 spiro atoms. The van der Waals surface area contributed by atoms with Gasteiger partial charge in [0.05, 0.1) is 11.8 Å². The molecule has 128 valence electrons. The third-order valence-corrected chi connectivity index (χ3v) is 4.71. The molecule has 1 amide bonds. The molecule has 0 N–H and O–H groups in total. The van der Waals surface area contributed by atoms with Crippen molar-refractivity contribution in [2.75, 3.05) is 32.7 Å². The molecule has 0 aliphatic carbocycles. The zero-order valence-electron chi connectivity index (χ0n) is 14.1. The highest BCUT2D eigenvalue weighted by Gasteiger charge is 2.22. The summed E-state index contributed by atoms with van der Waals surface area (Å²) in [5, 5.41) is 1.06. The molecule has 1 fully saturated rings. The zero-order chi connectivity index (χ0) is 17.1. The van der Waals surface area contributed by atoms with Crippen molar-refractivity contribution in [1.82, 2.24) is 24.3 Å². The minimum atomic E-state index is 0.0278. The number of carbonyl (C=O) groups is 1. The summed E-state index contributed by atoms with van der Waals surface area (Å²) in [4.78, 5) is 25.6. The molecule has 6 heteroatoms. The zero-order valence-corrected chi connectivity index (χ0v) is 14.1. The van der Waals surface area contributed by atoms with Gasteiger partial charge in [-0.1, -0.05) is 24.3 Å². The maximum Gasteiger partial charge on any atom is 0.272 e. The van der Waals surface area contributed by atoms with Gasteiger partial charge < -0.3 is 9.47 Å². The van der Waals surface area contributed by atoms with E-state index in [1.54, 1.807) is 6.20 Å². The number of carbonyl (C=O) groups excluding carboxylic acids is 1. The highest BCUT2D eigenvalue weighted by molar-refractivity contribution is 5.95. The topological polar surface area (TPSA) is 54.3 Å². The molecule has 1 aliphatic rings. The van der Waals surface area contributed by atoms with E-state index in [0.29, 0.717) is 5.69 Å². The Balaban J connectivity index is 1.35. The van der Waals surface area contributed by atoms with Crippen molar-refractivity contribution in [3.05, 3.63) is 60.8 Å². The van der Waals surface area contributed by atoms with Crippen molar-refractivity contribution >= 4 is 16.8 Å². The highest BCUT2D eigenvalue weighted by atomic mass is 16.2. The first-order valence-electron chi connectivity index (χ1n) is 8.63. The molecule has 0 unspecified atom stereocenters. The number of imidazole rings is 1. The molecule has 6 nitrogen and oxygen atoms in total. The van der Waals surface area contributed by atoms with Gasteiger partial charge in [0.15, 0.2) is 0 Å². The van der Waals surface area contributed by atoms with Gasteiger partial charge in [-0.3, -0.25) is 9.69 Å². The van der Waals surface area contributed by atoms with Gasteiger partial charge >= 0.3 is 0 Å². The summed E-state index contributed by atoms with van der Waals surface area (Å²) in [6.45, 7) is 5.20. The first-order chi connectivity index (χ1) is 12.3. The Morgan fingerprint density at radius 2 is 1.84 bits per heavy atom. The third-order valence-electron chi connectivity index (χ3n) is 4.71. The molecule has 0 atom stereocenters. The normalized spacial score (nSPS) is 15.6. The smallest absolute Gasteiger partial charge is 0.272 e. The molecule has 0 saturated carbocycles. The molecule has 1 aliphatic heterocycles. The summed E-state index contributed by atoms with van der Waals surface area (Å²) in [6, 6.07) is 11.7. The van der Waals surface area contributed by atoms with Crippen LogP contribution in [0.1, 0.15) is 10.5 Å². The van der Waals surface area contributed by atoms with Gasteiger partial charge in [-0.25, -0.2) is 9.97 Å². The Kier molecular flexibility index (Phi) is 4.43. The summed E-state index contributed by atoms with van der Waals surface area (Å²) in [5.74, 6) is 0.0278. The van der Waals surface area contributed by atoms with E-state index in [-0.39, 0.29) is 5.91 Å². The Bertz CT molecular complexity index is 853. The van der Waals surface area contributed by atoms with Crippen LogP contribution in [0.25, 0.3) is 10.9 Å². The number of hydrogen-bond donors (Lipinski definition) is 0. The van der Waals surface area contributed by atoms with Gasteiger partial charge in [-0.05, 0) is 12.1 Å². The van der Waals surface area contributed by atoms with E-state index in [2.05, 4.69) is 19.4 Å². The van der Waals surface area contributed by atoms with E-state index in [0.717, 1.165) is 50.2 Å². The summed E-state index contributed by atoms with van der Waals surface area (Å²) in [7, 11) is 0. The lowest BCUT2D eigenvalue weighted by Gasteiger charge is -2.34. The fraction of sp³-hybridized carbons (Fsp3) is 0.316. The van der Waals surface area contributed by atoms with E-state index >= 15 is 0 Å². The summed E-state index contributed by atoms with van der Waals surface area (Å²) >= 11 is 0. The molecule has 1 aromatic carbocycles. The van der Waals surface area contributed by atoms with Crippen LogP contribution in [0.4, 0.5) is 0 Å².